The molecular formula is C15H20BrN5. The molecule has 1 aromatic heterocycles. The minimum absolute atomic E-state index is 0.670. The van der Waals surface area contributed by atoms with E-state index in [9.17, 15) is 0 Å². The number of benzene rings is 1. The molecule has 1 aromatic carbocycles. The maximum Gasteiger partial charge on any atom is 0.182 e. The molecule has 1 aliphatic rings. The minimum atomic E-state index is 0.670. The Hall–Kier alpha value is -1.43. The molecule has 1 heterocycles. The SMILES string of the molecule is CC1CCCC(Cn2nnnc2-c2ccc(Br)c(N)c2)C1. The third-order valence-electron chi connectivity index (χ3n) is 4.26. The van der Waals surface area contributed by atoms with Crippen molar-refractivity contribution in [2.75, 3.05) is 5.73 Å². The molecule has 0 saturated heterocycles. The van der Waals surface area contributed by atoms with Crippen molar-refractivity contribution in [3.05, 3.63) is 22.7 Å². The van der Waals surface area contributed by atoms with E-state index in [1.165, 1.54) is 25.7 Å². The lowest BCUT2D eigenvalue weighted by Crippen LogP contribution is -2.19. The third-order valence-corrected chi connectivity index (χ3v) is 4.98. The average Bonchev–Trinajstić information content (AvgIpc) is 2.90. The summed E-state index contributed by atoms with van der Waals surface area (Å²) >= 11 is 3.41. The highest BCUT2D eigenvalue weighted by molar-refractivity contribution is 9.10. The Balaban J connectivity index is 1.81. The van der Waals surface area contributed by atoms with Gasteiger partial charge in [0.15, 0.2) is 5.82 Å². The summed E-state index contributed by atoms with van der Waals surface area (Å²) in [5, 5.41) is 12.2. The van der Waals surface area contributed by atoms with Crippen LogP contribution in [-0.4, -0.2) is 20.2 Å². The highest BCUT2D eigenvalue weighted by Gasteiger charge is 2.21. The Labute approximate surface area is 133 Å². The molecule has 0 bridgehead atoms. The second-order valence-electron chi connectivity index (χ2n) is 6.06. The molecule has 1 aliphatic carbocycles. The molecular weight excluding hydrogens is 330 g/mol. The Morgan fingerprint density at radius 1 is 1.38 bits per heavy atom. The Morgan fingerprint density at radius 2 is 2.24 bits per heavy atom. The zero-order valence-electron chi connectivity index (χ0n) is 12.2. The number of nitrogen functional groups attached to an aromatic ring is 1. The largest absolute Gasteiger partial charge is 0.398 e. The number of anilines is 1. The van der Waals surface area contributed by atoms with Crippen LogP contribution in [0.1, 0.15) is 32.6 Å². The van der Waals surface area contributed by atoms with Crippen LogP contribution in [-0.2, 0) is 6.54 Å². The number of rotatable bonds is 3. The van der Waals surface area contributed by atoms with Crippen molar-refractivity contribution < 1.29 is 0 Å². The number of tetrazole rings is 1. The molecule has 112 valence electrons. The van der Waals surface area contributed by atoms with E-state index in [2.05, 4.69) is 38.4 Å². The number of nitrogens with two attached hydrogens (primary N) is 1. The fourth-order valence-electron chi connectivity index (χ4n) is 3.19. The first-order valence-corrected chi connectivity index (χ1v) is 8.24. The zero-order chi connectivity index (χ0) is 14.8. The van der Waals surface area contributed by atoms with E-state index >= 15 is 0 Å². The predicted octanol–water partition coefficient (Wildman–Crippen LogP) is 3.51. The summed E-state index contributed by atoms with van der Waals surface area (Å²) in [6.45, 7) is 3.23. The van der Waals surface area contributed by atoms with E-state index in [4.69, 9.17) is 5.73 Å². The second kappa shape index (κ2) is 6.13. The Kier molecular flexibility index (Phi) is 4.24. The van der Waals surface area contributed by atoms with Crippen molar-refractivity contribution >= 4 is 21.6 Å². The van der Waals surface area contributed by atoms with E-state index in [1.807, 2.05) is 22.9 Å². The number of hydrogen-bond donors (Lipinski definition) is 1. The average molecular weight is 350 g/mol. The molecule has 0 spiro atoms. The standard InChI is InChI=1S/C15H20BrN5/c1-10-3-2-4-11(7-10)9-21-15(18-19-20-21)12-5-6-13(16)14(17)8-12/h5-6,8,10-11H,2-4,7,9,17H2,1H3. The molecule has 0 aliphatic heterocycles. The maximum absolute atomic E-state index is 5.95. The van der Waals surface area contributed by atoms with Crippen LogP contribution < -0.4 is 5.73 Å². The number of aromatic nitrogens is 4. The molecule has 1 fully saturated rings. The lowest BCUT2D eigenvalue weighted by molar-refractivity contribution is 0.249. The summed E-state index contributed by atoms with van der Waals surface area (Å²) in [7, 11) is 0. The van der Waals surface area contributed by atoms with Gasteiger partial charge in [0, 0.05) is 22.3 Å². The predicted molar refractivity (Wildman–Crippen MR) is 86.5 cm³/mol. The molecule has 2 N–H and O–H groups in total. The smallest absolute Gasteiger partial charge is 0.182 e. The summed E-state index contributed by atoms with van der Waals surface area (Å²) in [5.74, 6) is 2.28. The van der Waals surface area contributed by atoms with Crippen LogP contribution >= 0.6 is 15.9 Å². The third kappa shape index (κ3) is 3.26. The van der Waals surface area contributed by atoms with Crippen molar-refractivity contribution in [2.45, 2.75) is 39.2 Å². The maximum atomic E-state index is 5.95. The molecule has 0 amide bonds. The molecule has 1 saturated carbocycles. The highest BCUT2D eigenvalue weighted by atomic mass is 79.9. The molecule has 2 aromatic rings. The van der Waals surface area contributed by atoms with Crippen LogP contribution in [0.5, 0.6) is 0 Å². The minimum Gasteiger partial charge on any atom is -0.398 e. The molecule has 2 atom stereocenters. The summed E-state index contributed by atoms with van der Waals surface area (Å²) in [5.41, 5.74) is 7.62. The summed E-state index contributed by atoms with van der Waals surface area (Å²) in [4.78, 5) is 0. The lowest BCUT2D eigenvalue weighted by atomic mass is 9.82. The molecule has 0 radical (unpaired) electrons. The van der Waals surface area contributed by atoms with Crippen LogP contribution in [0, 0.1) is 11.8 Å². The number of nitrogens with zero attached hydrogens (tertiary/aromatic N) is 4. The van der Waals surface area contributed by atoms with Gasteiger partial charge in [0.2, 0.25) is 0 Å². The van der Waals surface area contributed by atoms with Crippen molar-refractivity contribution in [1.82, 2.24) is 20.2 Å². The van der Waals surface area contributed by atoms with Gasteiger partial charge in [0.05, 0.1) is 0 Å². The van der Waals surface area contributed by atoms with Gasteiger partial charge in [-0.1, -0.05) is 19.8 Å². The molecule has 21 heavy (non-hydrogen) atoms. The topological polar surface area (TPSA) is 69.6 Å². The van der Waals surface area contributed by atoms with Gasteiger partial charge in [-0.3, -0.25) is 0 Å². The Morgan fingerprint density at radius 3 is 3.00 bits per heavy atom. The van der Waals surface area contributed by atoms with Crippen LogP contribution in [0.25, 0.3) is 11.4 Å². The van der Waals surface area contributed by atoms with E-state index in [0.29, 0.717) is 11.6 Å². The van der Waals surface area contributed by atoms with Crippen molar-refractivity contribution in [3.8, 4) is 11.4 Å². The van der Waals surface area contributed by atoms with Gasteiger partial charge >= 0.3 is 0 Å². The molecule has 5 nitrogen and oxygen atoms in total. The van der Waals surface area contributed by atoms with Gasteiger partial charge in [-0.15, -0.1) is 5.10 Å². The van der Waals surface area contributed by atoms with Crippen LogP contribution in [0.15, 0.2) is 22.7 Å². The first-order chi connectivity index (χ1) is 10.1. The van der Waals surface area contributed by atoms with E-state index in [1.54, 1.807) is 0 Å². The van der Waals surface area contributed by atoms with E-state index < -0.39 is 0 Å². The lowest BCUT2D eigenvalue weighted by Gasteiger charge is -2.26. The van der Waals surface area contributed by atoms with Crippen molar-refractivity contribution in [3.63, 3.8) is 0 Å². The molecule has 2 unspecified atom stereocenters. The van der Waals surface area contributed by atoms with Crippen molar-refractivity contribution in [1.29, 1.82) is 0 Å². The van der Waals surface area contributed by atoms with Gasteiger partial charge in [-0.2, -0.15) is 0 Å². The van der Waals surface area contributed by atoms with Gasteiger partial charge in [-0.25, -0.2) is 4.68 Å². The highest BCUT2D eigenvalue weighted by Crippen LogP contribution is 2.31. The van der Waals surface area contributed by atoms with Crippen LogP contribution in [0.3, 0.4) is 0 Å². The van der Waals surface area contributed by atoms with Gasteiger partial charge in [0.25, 0.3) is 0 Å². The van der Waals surface area contributed by atoms with E-state index in [0.717, 1.165) is 28.3 Å². The fourth-order valence-corrected chi connectivity index (χ4v) is 3.43. The second-order valence-corrected chi connectivity index (χ2v) is 6.91. The summed E-state index contributed by atoms with van der Waals surface area (Å²) < 4.78 is 2.82. The van der Waals surface area contributed by atoms with Gasteiger partial charge in [0.1, 0.15) is 0 Å². The molecule has 3 rings (SSSR count). The fraction of sp³-hybridized carbons (Fsp3) is 0.533. The van der Waals surface area contributed by atoms with Crippen LogP contribution in [0.2, 0.25) is 0 Å². The van der Waals surface area contributed by atoms with Gasteiger partial charge < -0.3 is 5.73 Å². The Bertz CT molecular complexity index is 624. The van der Waals surface area contributed by atoms with E-state index in [-0.39, 0.29) is 0 Å². The number of halogens is 1. The summed E-state index contributed by atoms with van der Waals surface area (Å²) in [6.07, 6.45) is 5.20. The van der Waals surface area contributed by atoms with Crippen molar-refractivity contribution in [2.24, 2.45) is 11.8 Å². The summed E-state index contributed by atoms with van der Waals surface area (Å²) in [6, 6.07) is 5.84. The van der Waals surface area contributed by atoms with Gasteiger partial charge in [-0.05, 0) is 69.2 Å². The van der Waals surface area contributed by atoms with Crippen LogP contribution in [0.4, 0.5) is 5.69 Å². The monoisotopic (exact) mass is 349 g/mol. The number of hydrogen-bond acceptors (Lipinski definition) is 4. The normalized spacial score (nSPS) is 22.4. The quantitative estimate of drug-likeness (QED) is 0.860. The first-order valence-electron chi connectivity index (χ1n) is 7.45. The first kappa shape index (κ1) is 14.5. The molecule has 6 heteroatoms. The zero-order valence-corrected chi connectivity index (χ0v) is 13.8.